The molecule has 0 fully saturated rings. The first kappa shape index (κ1) is 26.3. The number of rotatable bonds is 4. The lowest BCUT2D eigenvalue weighted by Gasteiger charge is -2.12. The lowest BCUT2D eigenvalue weighted by molar-refractivity contribution is 0.673. The molecule has 0 saturated heterocycles. The molecule has 220 valence electrons. The molecule has 0 bridgehead atoms. The Balaban J connectivity index is 1.18. The lowest BCUT2D eigenvalue weighted by atomic mass is 9.91. The third-order valence-corrected chi connectivity index (χ3v) is 10.6. The quantitative estimate of drug-likeness (QED) is 0.192. The number of fused-ring (bicyclic) bond motifs is 8. The first-order chi connectivity index (χ1) is 23.3. The highest BCUT2D eigenvalue weighted by molar-refractivity contribution is 7.26. The van der Waals surface area contributed by atoms with E-state index in [0.29, 0.717) is 0 Å². The molecule has 0 amide bonds. The third-order valence-electron chi connectivity index (χ3n) is 9.43. The van der Waals surface area contributed by atoms with Crippen LogP contribution in [0.4, 0.5) is 0 Å². The molecule has 0 unspecified atom stereocenters. The largest absolute Gasteiger partial charge is 0.454 e. The maximum Gasteiger partial charge on any atom is 0.161 e. The SMILES string of the molecule is c1ccc(-c2cccc3c2sc2cccc(-c4ccccc4-c4ccc5c(c4)oc4c6ccccc6n(-c6ccccc6)c54)c23)cc1. The van der Waals surface area contributed by atoms with E-state index in [0.717, 1.165) is 44.2 Å². The van der Waals surface area contributed by atoms with Gasteiger partial charge in [-0.1, -0.05) is 121 Å². The molecule has 0 atom stereocenters. The van der Waals surface area contributed by atoms with Crippen LogP contribution < -0.4 is 0 Å². The topological polar surface area (TPSA) is 18.1 Å². The standard InChI is InChI=1S/C44H27NOS/c1-3-13-28(14-4-1)32-20-11-22-37-41-34(21-12-24-40(41)47-44(32)37)33-18-8-7-17-31(33)29-25-26-36-39(27-29)46-43-35-19-9-10-23-38(35)45(42(36)43)30-15-5-2-6-16-30/h1-27H. The van der Waals surface area contributed by atoms with Gasteiger partial charge in [0.25, 0.3) is 0 Å². The zero-order valence-corrected chi connectivity index (χ0v) is 26.2. The molecule has 3 aromatic heterocycles. The molecule has 0 aliphatic rings. The van der Waals surface area contributed by atoms with Gasteiger partial charge in [0.2, 0.25) is 0 Å². The summed E-state index contributed by atoms with van der Waals surface area (Å²) < 4.78 is 11.7. The second kappa shape index (κ2) is 10.3. The minimum atomic E-state index is 0.893. The molecule has 7 aromatic carbocycles. The van der Waals surface area contributed by atoms with Crippen LogP contribution in [0.5, 0.6) is 0 Å². The Labute approximate surface area is 275 Å². The fraction of sp³-hybridized carbons (Fsp3) is 0. The average molecular weight is 618 g/mol. The summed E-state index contributed by atoms with van der Waals surface area (Å²) in [7, 11) is 0. The number of thiophene rings is 1. The smallest absolute Gasteiger partial charge is 0.161 e. The number of benzene rings is 7. The van der Waals surface area contributed by atoms with E-state index in [4.69, 9.17) is 4.42 Å². The van der Waals surface area contributed by atoms with Gasteiger partial charge in [-0.05, 0) is 75.8 Å². The fourth-order valence-corrected chi connectivity index (χ4v) is 8.63. The van der Waals surface area contributed by atoms with E-state index in [1.54, 1.807) is 0 Å². The minimum absolute atomic E-state index is 0.893. The maximum absolute atomic E-state index is 6.73. The van der Waals surface area contributed by atoms with Crippen molar-refractivity contribution in [3.05, 3.63) is 164 Å². The van der Waals surface area contributed by atoms with Gasteiger partial charge in [0.15, 0.2) is 5.58 Å². The first-order valence-corrected chi connectivity index (χ1v) is 16.8. The highest BCUT2D eigenvalue weighted by Gasteiger charge is 2.21. The van der Waals surface area contributed by atoms with Crippen LogP contribution in [0, 0.1) is 0 Å². The molecular weight excluding hydrogens is 591 g/mol. The number of furan rings is 1. The van der Waals surface area contributed by atoms with Crippen molar-refractivity contribution in [1.29, 1.82) is 0 Å². The van der Waals surface area contributed by atoms with Crippen molar-refractivity contribution in [3.63, 3.8) is 0 Å². The van der Waals surface area contributed by atoms with E-state index in [2.05, 4.69) is 168 Å². The summed E-state index contributed by atoms with van der Waals surface area (Å²) >= 11 is 1.88. The Morgan fingerprint density at radius 2 is 1.15 bits per heavy atom. The minimum Gasteiger partial charge on any atom is -0.454 e. The summed E-state index contributed by atoms with van der Waals surface area (Å²) in [5, 5.41) is 4.84. The summed E-state index contributed by atoms with van der Waals surface area (Å²) in [5.41, 5.74) is 12.5. The Kier molecular flexibility index (Phi) is 5.78. The van der Waals surface area contributed by atoms with Gasteiger partial charge in [-0.25, -0.2) is 0 Å². The van der Waals surface area contributed by atoms with Crippen LogP contribution in [0.2, 0.25) is 0 Å². The van der Waals surface area contributed by atoms with Gasteiger partial charge in [-0.3, -0.25) is 0 Å². The zero-order chi connectivity index (χ0) is 30.9. The van der Waals surface area contributed by atoms with Gasteiger partial charge in [0, 0.05) is 36.6 Å². The molecule has 3 heteroatoms. The summed E-state index contributed by atoms with van der Waals surface area (Å²) in [6, 6.07) is 58.7. The Morgan fingerprint density at radius 1 is 0.468 bits per heavy atom. The van der Waals surface area contributed by atoms with Crippen LogP contribution in [0.25, 0.3) is 92.2 Å². The van der Waals surface area contributed by atoms with Crippen LogP contribution >= 0.6 is 11.3 Å². The van der Waals surface area contributed by atoms with Crippen molar-refractivity contribution in [1.82, 2.24) is 4.57 Å². The Morgan fingerprint density at radius 3 is 2.02 bits per heavy atom. The molecule has 0 aliphatic heterocycles. The number of para-hydroxylation sites is 2. The zero-order valence-electron chi connectivity index (χ0n) is 25.4. The van der Waals surface area contributed by atoms with Crippen molar-refractivity contribution in [3.8, 4) is 39.1 Å². The first-order valence-electron chi connectivity index (χ1n) is 15.9. The average Bonchev–Trinajstić information content (AvgIpc) is 3.81. The summed E-state index contributed by atoms with van der Waals surface area (Å²) in [6.45, 7) is 0. The van der Waals surface area contributed by atoms with Crippen LogP contribution in [-0.4, -0.2) is 4.57 Å². The van der Waals surface area contributed by atoms with E-state index in [-0.39, 0.29) is 0 Å². The van der Waals surface area contributed by atoms with Gasteiger partial charge in [-0.15, -0.1) is 11.3 Å². The van der Waals surface area contributed by atoms with Crippen LogP contribution in [0.3, 0.4) is 0 Å². The van der Waals surface area contributed by atoms with E-state index in [1.807, 2.05) is 11.3 Å². The molecule has 2 nitrogen and oxygen atoms in total. The van der Waals surface area contributed by atoms with Crippen LogP contribution in [-0.2, 0) is 0 Å². The number of aromatic nitrogens is 1. The molecule has 0 aliphatic carbocycles. The lowest BCUT2D eigenvalue weighted by Crippen LogP contribution is -1.92. The molecule has 0 saturated carbocycles. The predicted molar refractivity (Wildman–Crippen MR) is 200 cm³/mol. The van der Waals surface area contributed by atoms with Gasteiger partial charge < -0.3 is 8.98 Å². The summed E-state index contributed by atoms with van der Waals surface area (Å²) in [5.74, 6) is 0. The van der Waals surface area contributed by atoms with E-state index in [9.17, 15) is 0 Å². The molecule has 47 heavy (non-hydrogen) atoms. The van der Waals surface area contributed by atoms with Gasteiger partial charge >= 0.3 is 0 Å². The van der Waals surface area contributed by atoms with Gasteiger partial charge in [0.05, 0.1) is 5.52 Å². The van der Waals surface area contributed by atoms with Crippen molar-refractivity contribution in [2.24, 2.45) is 0 Å². The molecule has 10 rings (SSSR count). The second-order valence-electron chi connectivity index (χ2n) is 12.1. The van der Waals surface area contributed by atoms with E-state index in [1.165, 1.54) is 48.0 Å². The molecule has 3 heterocycles. The van der Waals surface area contributed by atoms with E-state index >= 15 is 0 Å². The molecule has 0 N–H and O–H groups in total. The van der Waals surface area contributed by atoms with Crippen LogP contribution in [0.15, 0.2) is 168 Å². The summed E-state index contributed by atoms with van der Waals surface area (Å²) in [6.07, 6.45) is 0. The number of nitrogens with zero attached hydrogens (tertiary/aromatic N) is 1. The molecule has 10 aromatic rings. The van der Waals surface area contributed by atoms with Crippen molar-refractivity contribution >= 4 is 64.5 Å². The van der Waals surface area contributed by atoms with Gasteiger partial charge in [-0.2, -0.15) is 0 Å². The highest BCUT2D eigenvalue weighted by atomic mass is 32.1. The number of hydrogen-bond acceptors (Lipinski definition) is 2. The summed E-state index contributed by atoms with van der Waals surface area (Å²) in [4.78, 5) is 0. The predicted octanol–water partition coefficient (Wildman–Crippen LogP) is 12.9. The third kappa shape index (κ3) is 3.97. The molecule has 0 radical (unpaired) electrons. The Bertz CT molecular complexity index is 2780. The fourth-order valence-electron chi connectivity index (χ4n) is 7.37. The second-order valence-corrected chi connectivity index (χ2v) is 13.1. The van der Waals surface area contributed by atoms with Crippen molar-refractivity contribution in [2.45, 2.75) is 0 Å². The van der Waals surface area contributed by atoms with Gasteiger partial charge in [0.1, 0.15) is 11.1 Å². The van der Waals surface area contributed by atoms with Crippen LogP contribution in [0.1, 0.15) is 0 Å². The van der Waals surface area contributed by atoms with Crippen molar-refractivity contribution < 1.29 is 4.42 Å². The highest BCUT2D eigenvalue weighted by Crippen LogP contribution is 2.46. The van der Waals surface area contributed by atoms with E-state index < -0.39 is 0 Å². The Hall–Kier alpha value is -5.90. The molecular formula is C44H27NOS. The van der Waals surface area contributed by atoms with Crippen molar-refractivity contribution in [2.75, 3.05) is 0 Å². The monoisotopic (exact) mass is 617 g/mol. The number of hydrogen-bond donors (Lipinski definition) is 0. The molecule has 0 spiro atoms. The normalized spacial score (nSPS) is 11.8. The maximum atomic E-state index is 6.73.